The number of hydrogen-bond donors (Lipinski definition) is 1. The van der Waals surface area contributed by atoms with Crippen LogP contribution in [0.25, 0.3) is 0 Å². The zero-order valence-corrected chi connectivity index (χ0v) is 16.1. The molecule has 1 aliphatic heterocycles. The Kier molecular flexibility index (Phi) is 7.45. The zero-order chi connectivity index (χ0) is 19.1. The number of nitrogens with one attached hydrogen (secondary N) is 1. The summed E-state index contributed by atoms with van der Waals surface area (Å²) in [6.45, 7) is 6.08. The molecule has 7 heteroatoms. The van der Waals surface area contributed by atoms with E-state index >= 15 is 0 Å². The number of piperazine rings is 1. The van der Waals surface area contributed by atoms with Crippen LogP contribution in [0.5, 0.6) is 0 Å². The van der Waals surface area contributed by atoms with Gasteiger partial charge in [-0.05, 0) is 25.0 Å². The van der Waals surface area contributed by atoms with Gasteiger partial charge < -0.3 is 15.1 Å². The SMILES string of the molecule is CCC(CC)C(=O)C(=O)NCC(=O)N1CCN(c2ccccc2Cl)CC1. The fourth-order valence-corrected chi connectivity index (χ4v) is 3.36. The molecule has 2 amide bonds. The Morgan fingerprint density at radius 1 is 1.08 bits per heavy atom. The summed E-state index contributed by atoms with van der Waals surface area (Å²) in [7, 11) is 0. The van der Waals surface area contributed by atoms with E-state index in [2.05, 4.69) is 10.2 Å². The van der Waals surface area contributed by atoms with Gasteiger partial charge in [-0.2, -0.15) is 0 Å². The highest BCUT2D eigenvalue weighted by atomic mass is 35.5. The van der Waals surface area contributed by atoms with Crippen LogP contribution in [0.1, 0.15) is 26.7 Å². The smallest absolute Gasteiger partial charge is 0.288 e. The average molecular weight is 380 g/mol. The van der Waals surface area contributed by atoms with Crippen molar-refractivity contribution in [3.05, 3.63) is 29.3 Å². The molecule has 0 bridgehead atoms. The first-order valence-corrected chi connectivity index (χ1v) is 9.45. The van der Waals surface area contributed by atoms with Crippen LogP contribution in [0.15, 0.2) is 24.3 Å². The molecule has 6 nitrogen and oxygen atoms in total. The number of carbonyl (C=O) groups excluding carboxylic acids is 3. The van der Waals surface area contributed by atoms with Crippen molar-refractivity contribution in [3.8, 4) is 0 Å². The van der Waals surface area contributed by atoms with Crippen molar-refractivity contribution in [2.24, 2.45) is 5.92 Å². The van der Waals surface area contributed by atoms with Gasteiger partial charge in [0, 0.05) is 32.1 Å². The quantitative estimate of drug-likeness (QED) is 0.737. The lowest BCUT2D eigenvalue weighted by atomic mass is 9.98. The van der Waals surface area contributed by atoms with Crippen LogP contribution >= 0.6 is 11.6 Å². The lowest BCUT2D eigenvalue weighted by Crippen LogP contribution is -2.52. The molecule has 0 atom stereocenters. The molecule has 142 valence electrons. The number of Topliss-reactive ketones (excluding diaryl/α,β-unsaturated/α-hetero) is 1. The highest BCUT2D eigenvalue weighted by Crippen LogP contribution is 2.25. The van der Waals surface area contributed by atoms with Crippen molar-refractivity contribution in [1.29, 1.82) is 0 Å². The first-order valence-electron chi connectivity index (χ1n) is 9.07. The fraction of sp³-hybridized carbons (Fsp3) is 0.526. The van der Waals surface area contributed by atoms with E-state index in [1.54, 1.807) is 4.90 Å². The predicted molar refractivity (Wildman–Crippen MR) is 102 cm³/mol. The number of nitrogens with zero attached hydrogens (tertiary/aromatic N) is 2. The third-order valence-electron chi connectivity index (χ3n) is 4.81. The van der Waals surface area contributed by atoms with Crippen LogP contribution < -0.4 is 10.2 Å². The van der Waals surface area contributed by atoms with Gasteiger partial charge in [0.05, 0.1) is 17.3 Å². The highest BCUT2D eigenvalue weighted by molar-refractivity contribution is 6.37. The lowest BCUT2D eigenvalue weighted by Gasteiger charge is -2.36. The van der Waals surface area contributed by atoms with Crippen LogP contribution in [0.3, 0.4) is 0 Å². The number of para-hydroxylation sites is 1. The molecule has 0 radical (unpaired) electrons. The van der Waals surface area contributed by atoms with Crippen molar-refractivity contribution >= 4 is 34.9 Å². The van der Waals surface area contributed by atoms with E-state index < -0.39 is 11.7 Å². The summed E-state index contributed by atoms with van der Waals surface area (Å²) < 4.78 is 0. The summed E-state index contributed by atoms with van der Waals surface area (Å²) in [6.07, 6.45) is 1.25. The summed E-state index contributed by atoms with van der Waals surface area (Å²) in [5, 5.41) is 3.16. The van der Waals surface area contributed by atoms with Crippen LogP contribution in [-0.4, -0.2) is 55.2 Å². The number of carbonyl (C=O) groups is 3. The molecular formula is C19H26ClN3O3. The molecule has 1 N–H and O–H groups in total. The van der Waals surface area contributed by atoms with Gasteiger partial charge in [0.15, 0.2) is 0 Å². The minimum atomic E-state index is -0.665. The van der Waals surface area contributed by atoms with E-state index in [1.807, 2.05) is 38.1 Å². The fourth-order valence-electron chi connectivity index (χ4n) is 3.10. The molecule has 0 aliphatic carbocycles. The predicted octanol–water partition coefficient (Wildman–Crippen LogP) is 2.11. The lowest BCUT2D eigenvalue weighted by molar-refractivity contribution is -0.141. The standard InChI is InChI=1S/C19H26ClN3O3/c1-3-14(4-2)18(25)19(26)21-13-17(24)23-11-9-22(10-12-23)16-8-6-5-7-15(16)20/h5-8,14H,3-4,9-13H2,1-2H3,(H,21,26). The average Bonchev–Trinajstić information content (AvgIpc) is 2.67. The van der Waals surface area contributed by atoms with Crippen LogP contribution in [0.4, 0.5) is 5.69 Å². The van der Waals surface area contributed by atoms with Crippen molar-refractivity contribution in [2.75, 3.05) is 37.6 Å². The Labute approximate surface area is 159 Å². The van der Waals surface area contributed by atoms with Gasteiger partial charge >= 0.3 is 0 Å². The van der Waals surface area contributed by atoms with Crippen molar-refractivity contribution in [2.45, 2.75) is 26.7 Å². The van der Waals surface area contributed by atoms with Gasteiger partial charge in [0.1, 0.15) is 0 Å². The van der Waals surface area contributed by atoms with E-state index in [9.17, 15) is 14.4 Å². The Morgan fingerprint density at radius 2 is 1.69 bits per heavy atom. The normalized spacial score (nSPS) is 14.5. The number of amides is 2. The zero-order valence-electron chi connectivity index (χ0n) is 15.3. The van der Waals surface area contributed by atoms with Gasteiger partial charge in [-0.1, -0.05) is 37.6 Å². The molecular weight excluding hydrogens is 354 g/mol. The summed E-state index contributed by atoms with van der Waals surface area (Å²) in [5.41, 5.74) is 0.963. The number of benzene rings is 1. The van der Waals surface area contributed by atoms with Crippen molar-refractivity contribution < 1.29 is 14.4 Å². The van der Waals surface area contributed by atoms with Gasteiger partial charge in [0.2, 0.25) is 11.7 Å². The first kappa shape index (κ1) is 20.2. The molecule has 0 aromatic heterocycles. The summed E-state index contributed by atoms with van der Waals surface area (Å²) in [5.74, 6) is -1.55. The van der Waals surface area contributed by atoms with E-state index in [1.165, 1.54) is 0 Å². The van der Waals surface area contributed by atoms with E-state index in [-0.39, 0.29) is 18.4 Å². The minimum Gasteiger partial charge on any atom is -0.367 e. The Bertz CT molecular complexity index is 653. The first-order chi connectivity index (χ1) is 12.5. The monoisotopic (exact) mass is 379 g/mol. The second-order valence-corrected chi connectivity index (χ2v) is 6.79. The maximum atomic E-state index is 12.3. The Balaban J connectivity index is 1.81. The van der Waals surface area contributed by atoms with Crippen LogP contribution in [-0.2, 0) is 14.4 Å². The largest absolute Gasteiger partial charge is 0.367 e. The van der Waals surface area contributed by atoms with Gasteiger partial charge in [-0.15, -0.1) is 0 Å². The van der Waals surface area contributed by atoms with E-state index in [0.717, 1.165) is 5.69 Å². The Morgan fingerprint density at radius 3 is 2.27 bits per heavy atom. The molecule has 1 aromatic rings. The molecule has 0 saturated carbocycles. The molecule has 1 aliphatic rings. The topological polar surface area (TPSA) is 69.7 Å². The maximum Gasteiger partial charge on any atom is 0.288 e. The molecule has 1 fully saturated rings. The molecule has 1 saturated heterocycles. The minimum absolute atomic E-state index is 0.142. The number of halogens is 1. The molecule has 26 heavy (non-hydrogen) atoms. The summed E-state index contributed by atoms with van der Waals surface area (Å²) in [6, 6.07) is 7.63. The number of anilines is 1. The second-order valence-electron chi connectivity index (χ2n) is 6.38. The van der Waals surface area contributed by atoms with Gasteiger partial charge in [-0.25, -0.2) is 0 Å². The molecule has 0 spiro atoms. The Hall–Kier alpha value is -2.08. The maximum absolute atomic E-state index is 12.3. The van der Waals surface area contributed by atoms with Gasteiger partial charge in [-0.3, -0.25) is 14.4 Å². The summed E-state index contributed by atoms with van der Waals surface area (Å²) in [4.78, 5) is 40.0. The number of ketones is 1. The van der Waals surface area contributed by atoms with E-state index in [0.29, 0.717) is 44.0 Å². The second kappa shape index (κ2) is 9.57. The molecule has 0 unspecified atom stereocenters. The molecule has 1 heterocycles. The van der Waals surface area contributed by atoms with Gasteiger partial charge in [0.25, 0.3) is 5.91 Å². The highest BCUT2D eigenvalue weighted by Gasteiger charge is 2.25. The molecule has 1 aromatic carbocycles. The third kappa shape index (κ3) is 4.97. The van der Waals surface area contributed by atoms with Crippen molar-refractivity contribution in [3.63, 3.8) is 0 Å². The van der Waals surface area contributed by atoms with Crippen molar-refractivity contribution in [1.82, 2.24) is 10.2 Å². The van der Waals surface area contributed by atoms with Crippen LogP contribution in [0.2, 0.25) is 5.02 Å². The number of rotatable bonds is 7. The van der Waals surface area contributed by atoms with E-state index in [4.69, 9.17) is 11.6 Å². The van der Waals surface area contributed by atoms with Crippen LogP contribution in [0, 0.1) is 5.92 Å². The number of hydrogen-bond acceptors (Lipinski definition) is 4. The molecule has 2 rings (SSSR count). The third-order valence-corrected chi connectivity index (χ3v) is 5.13. The summed E-state index contributed by atoms with van der Waals surface area (Å²) >= 11 is 6.22.